The van der Waals surface area contributed by atoms with E-state index in [0.29, 0.717) is 19.8 Å². The zero-order chi connectivity index (χ0) is 13.5. The third-order valence-electron chi connectivity index (χ3n) is 3.35. The summed E-state index contributed by atoms with van der Waals surface area (Å²) in [4.78, 5) is 4.48. The molecule has 1 aliphatic rings. The lowest BCUT2D eigenvalue weighted by Crippen LogP contribution is -2.48. The van der Waals surface area contributed by atoms with E-state index in [0.717, 1.165) is 25.1 Å². The molecule has 4 nitrogen and oxygen atoms in total. The molecule has 2 atom stereocenters. The van der Waals surface area contributed by atoms with E-state index in [4.69, 9.17) is 9.47 Å². The molecule has 19 heavy (non-hydrogen) atoms. The second-order valence-corrected chi connectivity index (χ2v) is 5.08. The van der Waals surface area contributed by atoms with Gasteiger partial charge in [0.1, 0.15) is 0 Å². The van der Waals surface area contributed by atoms with E-state index in [1.165, 1.54) is 5.56 Å². The maximum atomic E-state index is 5.82. The number of aryl methyl sites for hydroxylation is 1. The predicted molar refractivity (Wildman–Crippen MR) is 75.3 cm³/mol. The van der Waals surface area contributed by atoms with Gasteiger partial charge in [-0.25, -0.2) is 0 Å². The zero-order valence-corrected chi connectivity index (χ0v) is 11.9. The Hall–Kier alpha value is -0.970. The van der Waals surface area contributed by atoms with Crippen LogP contribution in [-0.2, 0) is 15.9 Å². The molecule has 2 heterocycles. The summed E-state index contributed by atoms with van der Waals surface area (Å²) in [6, 6.07) is 4.48. The molecule has 0 amide bonds. The molecule has 0 spiro atoms. The number of aromatic nitrogens is 1. The number of nitrogens with zero attached hydrogens (tertiary/aromatic N) is 1. The van der Waals surface area contributed by atoms with Gasteiger partial charge in [0.2, 0.25) is 0 Å². The van der Waals surface area contributed by atoms with Crippen LogP contribution in [0.4, 0.5) is 0 Å². The molecule has 0 radical (unpaired) electrons. The summed E-state index contributed by atoms with van der Waals surface area (Å²) in [5.41, 5.74) is 2.30. The van der Waals surface area contributed by atoms with Crippen LogP contribution in [0.15, 0.2) is 18.3 Å². The van der Waals surface area contributed by atoms with Crippen LogP contribution in [0.3, 0.4) is 0 Å². The Kier molecular flexibility index (Phi) is 5.76. The summed E-state index contributed by atoms with van der Waals surface area (Å²) in [6.07, 6.45) is 4.05. The summed E-state index contributed by atoms with van der Waals surface area (Å²) in [7, 11) is 0. The summed E-state index contributed by atoms with van der Waals surface area (Å²) in [5.74, 6) is 0. The molecule has 0 aliphatic carbocycles. The van der Waals surface area contributed by atoms with Gasteiger partial charge < -0.3 is 14.8 Å². The second kappa shape index (κ2) is 7.58. The Morgan fingerprint density at radius 2 is 2.32 bits per heavy atom. The zero-order valence-electron chi connectivity index (χ0n) is 11.9. The number of ether oxygens (including phenoxy) is 2. The largest absolute Gasteiger partial charge is 0.376 e. The van der Waals surface area contributed by atoms with E-state index in [9.17, 15) is 0 Å². The molecular weight excluding hydrogens is 240 g/mol. The third-order valence-corrected chi connectivity index (χ3v) is 3.35. The highest BCUT2D eigenvalue weighted by molar-refractivity contribution is 5.13. The Labute approximate surface area is 115 Å². The molecule has 1 N–H and O–H groups in total. The van der Waals surface area contributed by atoms with Crippen molar-refractivity contribution in [1.29, 1.82) is 0 Å². The minimum atomic E-state index is 0.128. The molecule has 0 saturated carbocycles. The van der Waals surface area contributed by atoms with Gasteiger partial charge in [0, 0.05) is 24.4 Å². The molecule has 1 saturated heterocycles. The van der Waals surface area contributed by atoms with Gasteiger partial charge in [-0.3, -0.25) is 4.98 Å². The number of rotatable bonds is 6. The van der Waals surface area contributed by atoms with E-state index in [-0.39, 0.29) is 12.1 Å². The van der Waals surface area contributed by atoms with Gasteiger partial charge in [-0.1, -0.05) is 13.0 Å². The summed E-state index contributed by atoms with van der Waals surface area (Å²) >= 11 is 0. The van der Waals surface area contributed by atoms with Gasteiger partial charge in [0.05, 0.1) is 25.9 Å². The van der Waals surface area contributed by atoms with Crippen LogP contribution in [0, 0.1) is 6.92 Å². The summed E-state index contributed by atoms with van der Waals surface area (Å²) in [6.45, 7) is 7.30. The van der Waals surface area contributed by atoms with Gasteiger partial charge in [-0.2, -0.15) is 0 Å². The highest BCUT2D eigenvalue weighted by Crippen LogP contribution is 2.11. The van der Waals surface area contributed by atoms with Crippen molar-refractivity contribution in [3.63, 3.8) is 0 Å². The molecule has 1 aliphatic heterocycles. The van der Waals surface area contributed by atoms with Crippen LogP contribution in [0.1, 0.15) is 24.6 Å². The standard InChI is InChI=1S/C15H24N2O2/c1-3-6-16-14(15-11-18-7-8-19-15)9-13-5-4-12(2)10-17-13/h4-5,10,14-16H,3,6-9,11H2,1-2H3. The monoisotopic (exact) mass is 264 g/mol. The van der Waals surface area contributed by atoms with Crippen LogP contribution in [0.5, 0.6) is 0 Å². The quantitative estimate of drug-likeness (QED) is 0.849. The van der Waals surface area contributed by atoms with E-state index >= 15 is 0 Å². The Bertz CT molecular complexity index is 361. The van der Waals surface area contributed by atoms with Gasteiger partial charge in [-0.15, -0.1) is 0 Å². The van der Waals surface area contributed by atoms with Crippen LogP contribution < -0.4 is 5.32 Å². The second-order valence-electron chi connectivity index (χ2n) is 5.08. The molecule has 2 rings (SSSR count). The molecule has 2 unspecified atom stereocenters. The number of nitrogens with one attached hydrogen (secondary N) is 1. The summed E-state index contributed by atoms with van der Waals surface area (Å²) in [5, 5.41) is 3.56. The molecule has 1 fully saturated rings. The lowest BCUT2D eigenvalue weighted by molar-refractivity contribution is -0.101. The van der Waals surface area contributed by atoms with Crippen LogP contribution in [0.2, 0.25) is 0 Å². The maximum Gasteiger partial charge on any atom is 0.0965 e. The highest BCUT2D eigenvalue weighted by Gasteiger charge is 2.25. The normalized spacial score (nSPS) is 21.3. The van der Waals surface area contributed by atoms with Gasteiger partial charge in [0.25, 0.3) is 0 Å². The minimum Gasteiger partial charge on any atom is -0.376 e. The first kappa shape index (κ1) is 14.4. The van der Waals surface area contributed by atoms with Crippen molar-refractivity contribution in [2.75, 3.05) is 26.4 Å². The van der Waals surface area contributed by atoms with Crippen molar-refractivity contribution in [1.82, 2.24) is 10.3 Å². The SMILES string of the molecule is CCCNC(Cc1ccc(C)cn1)C1COCCO1. The third kappa shape index (κ3) is 4.56. The summed E-state index contributed by atoms with van der Waals surface area (Å²) < 4.78 is 11.3. The fourth-order valence-electron chi connectivity index (χ4n) is 2.25. The van der Waals surface area contributed by atoms with Crippen molar-refractivity contribution < 1.29 is 9.47 Å². The first-order valence-electron chi connectivity index (χ1n) is 7.14. The van der Waals surface area contributed by atoms with Gasteiger partial charge in [0.15, 0.2) is 0 Å². The average molecular weight is 264 g/mol. The van der Waals surface area contributed by atoms with Crippen molar-refractivity contribution in [3.05, 3.63) is 29.6 Å². The van der Waals surface area contributed by atoms with Crippen molar-refractivity contribution in [2.45, 2.75) is 38.8 Å². The molecule has 106 valence electrons. The minimum absolute atomic E-state index is 0.128. The van der Waals surface area contributed by atoms with Crippen molar-refractivity contribution in [3.8, 4) is 0 Å². The fourth-order valence-corrected chi connectivity index (χ4v) is 2.25. The number of hydrogen-bond acceptors (Lipinski definition) is 4. The number of pyridine rings is 1. The highest BCUT2D eigenvalue weighted by atomic mass is 16.6. The average Bonchev–Trinajstić information content (AvgIpc) is 2.46. The van der Waals surface area contributed by atoms with E-state index in [1.807, 2.05) is 6.20 Å². The molecular formula is C15H24N2O2. The topological polar surface area (TPSA) is 43.4 Å². The first-order chi connectivity index (χ1) is 9.29. The predicted octanol–water partition coefficient (Wildman–Crippen LogP) is 1.72. The lowest BCUT2D eigenvalue weighted by atomic mass is 10.0. The van der Waals surface area contributed by atoms with Crippen LogP contribution in [-0.4, -0.2) is 43.5 Å². The van der Waals surface area contributed by atoms with Crippen LogP contribution in [0.25, 0.3) is 0 Å². The van der Waals surface area contributed by atoms with Crippen molar-refractivity contribution >= 4 is 0 Å². The van der Waals surface area contributed by atoms with Crippen LogP contribution >= 0.6 is 0 Å². The Balaban J connectivity index is 1.97. The molecule has 0 bridgehead atoms. The lowest BCUT2D eigenvalue weighted by Gasteiger charge is -2.31. The first-order valence-corrected chi connectivity index (χ1v) is 7.14. The van der Waals surface area contributed by atoms with E-state index in [2.05, 4.69) is 36.3 Å². The van der Waals surface area contributed by atoms with Gasteiger partial charge >= 0.3 is 0 Å². The van der Waals surface area contributed by atoms with Gasteiger partial charge in [-0.05, 0) is 31.5 Å². The van der Waals surface area contributed by atoms with Crippen molar-refractivity contribution in [2.24, 2.45) is 0 Å². The smallest absolute Gasteiger partial charge is 0.0965 e. The van der Waals surface area contributed by atoms with E-state index in [1.54, 1.807) is 0 Å². The fraction of sp³-hybridized carbons (Fsp3) is 0.667. The molecule has 1 aromatic heterocycles. The molecule has 4 heteroatoms. The Morgan fingerprint density at radius 3 is 2.95 bits per heavy atom. The molecule has 1 aromatic rings. The number of hydrogen-bond donors (Lipinski definition) is 1. The molecule has 0 aromatic carbocycles. The van der Waals surface area contributed by atoms with E-state index < -0.39 is 0 Å². The Morgan fingerprint density at radius 1 is 1.42 bits per heavy atom. The maximum absolute atomic E-state index is 5.82.